The standard InChI is InChI=1S/C14H9BrFN3O4S/c15-7-1-3-10(9(16)5-7)19-24(22,23)8-2-4-11-12(6-8)18-14(21)13(20)17-11/h1-6,19H,(H,17,20)(H,18,21). The molecule has 0 amide bonds. The maximum atomic E-state index is 13.8. The van der Waals surface area contributed by atoms with Crippen molar-refractivity contribution >= 4 is 42.7 Å². The average molecular weight is 414 g/mol. The number of aromatic nitrogens is 2. The van der Waals surface area contributed by atoms with Crippen LogP contribution in [0.15, 0.2) is 55.4 Å². The van der Waals surface area contributed by atoms with E-state index in [9.17, 15) is 22.4 Å². The molecule has 3 N–H and O–H groups in total. The van der Waals surface area contributed by atoms with Gasteiger partial charge in [-0.15, -0.1) is 0 Å². The first-order valence-corrected chi connectivity index (χ1v) is 8.78. The Morgan fingerprint density at radius 3 is 2.29 bits per heavy atom. The number of fused-ring (bicyclic) bond motifs is 1. The van der Waals surface area contributed by atoms with Crippen LogP contribution in [-0.4, -0.2) is 18.4 Å². The highest BCUT2D eigenvalue weighted by Gasteiger charge is 2.17. The molecule has 1 heterocycles. The molecule has 0 aliphatic heterocycles. The molecule has 1 aromatic heterocycles. The first kappa shape index (κ1) is 16.4. The van der Waals surface area contributed by atoms with Crippen molar-refractivity contribution in [3.05, 3.63) is 67.4 Å². The zero-order chi connectivity index (χ0) is 17.5. The van der Waals surface area contributed by atoms with E-state index < -0.39 is 27.0 Å². The summed E-state index contributed by atoms with van der Waals surface area (Å²) in [5.74, 6) is -0.744. The molecule has 0 radical (unpaired) electrons. The number of nitrogens with one attached hydrogen (secondary N) is 3. The minimum Gasteiger partial charge on any atom is -0.316 e. The number of H-pyrrole nitrogens is 2. The summed E-state index contributed by atoms with van der Waals surface area (Å²) in [5, 5.41) is 0. The molecule has 0 bridgehead atoms. The SMILES string of the molecule is O=c1[nH]c2ccc(S(=O)(=O)Nc3ccc(Br)cc3F)cc2[nH]c1=O. The predicted molar refractivity (Wildman–Crippen MR) is 90.1 cm³/mol. The molecule has 0 fully saturated rings. The van der Waals surface area contributed by atoms with Crippen LogP contribution in [0, 0.1) is 5.82 Å². The second-order valence-electron chi connectivity index (χ2n) is 4.85. The topological polar surface area (TPSA) is 112 Å². The van der Waals surface area contributed by atoms with Crippen LogP contribution < -0.4 is 15.8 Å². The molecule has 124 valence electrons. The highest BCUT2D eigenvalue weighted by atomic mass is 79.9. The Bertz CT molecular complexity index is 1170. The third-order valence-corrected chi connectivity index (χ3v) is 5.04. The number of hydrogen-bond acceptors (Lipinski definition) is 4. The zero-order valence-electron chi connectivity index (χ0n) is 11.8. The summed E-state index contributed by atoms with van der Waals surface area (Å²) in [7, 11) is -4.08. The molecule has 3 rings (SSSR count). The van der Waals surface area contributed by atoms with Crippen LogP contribution in [0.3, 0.4) is 0 Å². The van der Waals surface area contributed by atoms with E-state index in [0.29, 0.717) is 4.47 Å². The van der Waals surface area contributed by atoms with Gasteiger partial charge in [0.1, 0.15) is 5.82 Å². The Kier molecular flexibility index (Phi) is 4.01. The molecule has 10 heteroatoms. The van der Waals surface area contributed by atoms with Crippen molar-refractivity contribution in [2.24, 2.45) is 0 Å². The number of aromatic amines is 2. The fourth-order valence-electron chi connectivity index (χ4n) is 2.04. The van der Waals surface area contributed by atoms with Crippen molar-refractivity contribution < 1.29 is 12.8 Å². The molecular formula is C14H9BrFN3O4S. The van der Waals surface area contributed by atoms with Crippen molar-refractivity contribution in [1.82, 2.24) is 9.97 Å². The summed E-state index contributed by atoms with van der Waals surface area (Å²) in [6.07, 6.45) is 0. The molecule has 0 aliphatic carbocycles. The van der Waals surface area contributed by atoms with E-state index >= 15 is 0 Å². The lowest BCUT2D eigenvalue weighted by molar-refractivity contribution is 0.598. The van der Waals surface area contributed by atoms with Crippen LogP contribution in [-0.2, 0) is 10.0 Å². The smallest absolute Gasteiger partial charge is 0.314 e. The van der Waals surface area contributed by atoms with Gasteiger partial charge in [0.2, 0.25) is 0 Å². The lowest BCUT2D eigenvalue weighted by atomic mass is 10.3. The quantitative estimate of drug-likeness (QED) is 0.569. The van der Waals surface area contributed by atoms with Gasteiger partial charge in [-0.25, -0.2) is 12.8 Å². The van der Waals surface area contributed by atoms with Gasteiger partial charge in [0.25, 0.3) is 10.0 Å². The normalized spacial score (nSPS) is 11.6. The Morgan fingerprint density at radius 2 is 1.62 bits per heavy atom. The van der Waals surface area contributed by atoms with Crippen LogP contribution in [0.2, 0.25) is 0 Å². The second-order valence-corrected chi connectivity index (χ2v) is 7.44. The van der Waals surface area contributed by atoms with Crippen molar-refractivity contribution in [2.45, 2.75) is 4.90 Å². The fourth-order valence-corrected chi connectivity index (χ4v) is 3.46. The number of halogens is 2. The van der Waals surface area contributed by atoms with Crippen LogP contribution in [0.5, 0.6) is 0 Å². The van der Waals surface area contributed by atoms with Crippen LogP contribution >= 0.6 is 15.9 Å². The van der Waals surface area contributed by atoms with E-state index in [1.54, 1.807) is 0 Å². The summed E-state index contributed by atoms with van der Waals surface area (Å²) in [4.78, 5) is 27.0. The highest BCUT2D eigenvalue weighted by Crippen LogP contribution is 2.23. The van der Waals surface area contributed by atoms with Gasteiger partial charge < -0.3 is 9.97 Å². The summed E-state index contributed by atoms with van der Waals surface area (Å²) in [6, 6.07) is 7.63. The van der Waals surface area contributed by atoms with Gasteiger partial charge in [-0.05, 0) is 36.4 Å². The molecule has 0 unspecified atom stereocenters. The van der Waals surface area contributed by atoms with Crippen molar-refractivity contribution in [3.63, 3.8) is 0 Å². The zero-order valence-corrected chi connectivity index (χ0v) is 14.2. The molecule has 7 nitrogen and oxygen atoms in total. The predicted octanol–water partition coefficient (Wildman–Crippen LogP) is 1.92. The molecule has 2 aromatic carbocycles. The first-order valence-electron chi connectivity index (χ1n) is 6.50. The van der Waals surface area contributed by atoms with E-state index in [4.69, 9.17) is 0 Å². The fraction of sp³-hybridized carbons (Fsp3) is 0. The molecule has 24 heavy (non-hydrogen) atoms. The summed E-state index contributed by atoms with van der Waals surface area (Å²) in [6.45, 7) is 0. The third-order valence-electron chi connectivity index (χ3n) is 3.18. The molecule has 0 spiro atoms. The van der Waals surface area contributed by atoms with Crippen LogP contribution in [0.4, 0.5) is 10.1 Å². The summed E-state index contributed by atoms with van der Waals surface area (Å²) >= 11 is 3.08. The van der Waals surface area contributed by atoms with E-state index in [-0.39, 0.29) is 21.6 Å². The third kappa shape index (κ3) is 3.10. The van der Waals surface area contributed by atoms with Gasteiger partial charge in [-0.1, -0.05) is 15.9 Å². The Labute approximate surface area is 142 Å². The maximum absolute atomic E-state index is 13.8. The van der Waals surface area contributed by atoms with E-state index in [2.05, 4.69) is 30.6 Å². The number of anilines is 1. The van der Waals surface area contributed by atoms with Gasteiger partial charge in [0.05, 0.1) is 21.6 Å². The minimum absolute atomic E-state index is 0.138. The molecule has 0 atom stereocenters. The number of hydrogen-bond donors (Lipinski definition) is 3. The van der Waals surface area contributed by atoms with Gasteiger partial charge >= 0.3 is 11.1 Å². The molecule has 0 saturated heterocycles. The van der Waals surface area contributed by atoms with Gasteiger partial charge in [-0.3, -0.25) is 14.3 Å². The van der Waals surface area contributed by atoms with Gasteiger partial charge in [0, 0.05) is 4.47 Å². The molecule has 0 aliphatic rings. The Hall–Kier alpha value is -2.46. The van der Waals surface area contributed by atoms with E-state index in [1.165, 1.54) is 30.3 Å². The second kappa shape index (κ2) is 5.87. The van der Waals surface area contributed by atoms with Crippen molar-refractivity contribution in [2.75, 3.05) is 4.72 Å². The first-order chi connectivity index (χ1) is 11.3. The molecule has 3 aromatic rings. The van der Waals surface area contributed by atoms with Crippen LogP contribution in [0.1, 0.15) is 0 Å². The highest BCUT2D eigenvalue weighted by molar-refractivity contribution is 9.10. The molecule has 0 saturated carbocycles. The maximum Gasteiger partial charge on any atom is 0.314 e. The van der Waals surface area contributed by atoms with Crippen molar-refractivity contribution in [1.29, 1.82) is 0 Å². The van der Waals surface area contributed by atoms with Gasteiger partial charge in [0.15, 0.2) is 0 Å². The molecular weight excluding hydrogens is 405 g/mol. The Morgan fingerprint density at radius 1 is 0.958 bits per heavy atom. The number of rotatable bonds is 3. The largest absolute Gasteiger partial charge is 0.316 e. The van der Waals surface area contributed by atoms with E-state index in [0.717, 1.165) is 6.07 Å². The monoisotopic (exact) mass is 413 g/mol. The number of sulfonamides is 1. The average Bonchev–Trinajstić information content (AvgIpc) is 2.51. The Balaban J connectivity index is 2.06. The van der Waals surface area contributed by atoms with Crippen molar-refractivity contribution in [3.8, 4) is 0 Å². The lowest BCUT2D eigenvalue weighted by Gasteiger charge is -2.10. The summed E-state index contributed by atoms with van der Waals surface area (Å²) in [5.41, 5.74) is -1.54. The lowest BCUT2D eigenvalue weighted by Crippen LogP contribution is -2.29. The van der Waals surface area contributed by atoms with E-state index in [1.807, 2.05) is 0 Å². The van der Waals surface area contributed by atoms with Crippen LogP contribution in [0.25, 0.3) is 11.0 Å². The van der Waals surface area contributed by atoms with Gasteiger partial charge in [-0.2, -0.15) is 0 Å². The minimum atomic E-state index is -4.08. The number of benzene rings is 2. The summed E-state index contributed by atoms with van der Waals surface area (Å²) < 4.78 is 41.2.